The molecule has 1 unspecified atom stereocenters. The van der Waals surface area contributed by atoms with E-state index < -0.39 is 17.8 Å². The van der Waals surface area contributed by atoms with Crippen LogP contribution < -0.4 is 20.6 Å². The fourth-order valence-corrected chi connectivity index (χ4v) is 3.73. The third-order valence-electron chi connectivity index (χ3n) is 5.24. The Kier molecular flexibility index (Phi) is 5.84. The van der Waals surface area contributed by atoms with Crippen molar-refractivity contribution in [3.05, 3.63) is 76.2 Å². The lowest BCUT2D eigenvalue weighted by Gasteiger charge is -2.15. The van der Waals surface area contributed by atoms with Gasteiger partial charge in [0.2, 0.25) is 0 Å². The number of methoxy groups -OCH3 is 1. The SMILES string of the molecule is COc1ccc2c(c1NC(=O)c1cccc(C(F)(F)F)n1)=C1C=CC(CCCO)C=C1N=2. The maximum atomic E-state index is 13.0. The Labute approximate surface area is 181 Å². The van der Waals surface area contributed by atoms with Crippen LogP contribution in [0.4, 0.5) is 18.9 Å². The van der Waals surface area contributed by atoms with E-state index in [4.69, 9.17) is 9.84 Å². The second-order valence-corrected chi connectivity index (χ2v) is 7.36. The molecule has 1 atom stereocenters. The maximum Gasteiger partial charge on any atom is 0.433 e. The summed E-state index contributed by atoms with van der Waals surface area (Å²) in [5.74, 6) is -0.307. The molecule has 1 aliphatic carbocycles. The monoisotopic (exact) mass is 443 g/mol. The average Bonchev–Trinajstić information content (AvgIpc) is 3.15. The lowest BCUT2D eigenvalue weighted by atomic mass is 9.93. The third-order valence-corrected chi connectivity index (χ3v) is 5.24. The molecule has 2 heterocycles. The second-order valence-electron chi connectivity index (χ2n) is 7.36. The molecule has 166 valence electrons. The van der Waals surface area contributed by atoms with Gasteiger partial charge in [0.1, 0.15) is 17.1 Å². The van der Waals surface area contributed by atoms with Crippen LogP contribution in [0.2, 0.25) is 0 Å². The van der Waals surface area contributed by atoms with E-state index in [1.54, 1.807) is 12.1 Å². The number of hydrogen-bond donors (Lipinski definition) is 2. The number of aromatic nitrogens is 1. The van der Waals surface area contributed by atoms with E-state index in [0.717, 1.165) is 29.8 Å². The van der Waals surface area contributed by atoms with Gasteiger partial charge in [0.05, 0.1) is 23.9 Å². The fraction of sp³-hybridized carbons (Fsp3) is 0.261. The van der Waals surface area contributed by atoms with Gasteiger partial charge in [-0.1, -0.05) is 24.3 Å². The van der Waals surface area contributed by atoms with Gasteiger partial charge in [-0.2, -0.15) is 13.2 Å². The summed E-state index contributed by atoms with van der Waals surface area (Å²) >= 11 is 0. The number of nitrogens with zero attached hydrogens (tertiary/aromatic N) is 2. The summed E-state index contributed by atoms with van der Waals surface area (Å²) in [5, 5.41) is 13.0. The quantitative estimate of drug-likeness (QED) is 0.719. The maximum absolute atomic E-state index is 13.0. The van der Waals surface area contributed by atoms with Crippen LogP contribution in [0, 0.1) is 5.92 Å². The summed E-state index contributed by atoms with van der Waals surface area (Å²) < 4.78 is 44.4. The van der Waals surface area contributed by atoms with E-state index in [1.807, 2.05) is 18.2 Å². The minimum absolute atomic E-state index is 0.110. The number of fused-ring (bicyclic) bond motifs is 2. The minimum atomic E-state index is -4.66. The predicted octanol–water partition coefficient (Wildman–Crippen LogP) is 2.99. The summed E-state index contributed by atoms with van der Waals surface area (Å²) in [6, 6.07) is 6.56. The number of amides is 1. The molecule has 0 spiro atoms. The number of allylic oxidation sites excluding steroid dienone is 3. The number of hydrogen-bond acceptors (Lipinski definition) is 5. The number of halogens is 3. The fourth-order valence-electron chi connectivity index (χ4n) is 3.73. The lowest BCUT2D eigenvalue weighted by molar-refractivity contribution is -0.141. The highest BCUT2D eigenvalue weighted by atomic mass is 19.4. The molecule has 2 aromatic rings. The van der Waals surface area contributed by atoms with Crippen LogP contribution in [-0.2, 0) is 6.18 Å². The normalized spacial score (nSPS) is 16.7. The van der Waals surface area contributed by atoms with Gasteiger partial charge in [-0.3, -0.25) is 4.79 Å². The number of carbonyl (C=O) groups is 1. The molecular weight excluding hydrogens is 423 g/mol. The van der Waals surface area contributed by atoms with Gasteiger partial charge >= 0.3 is 6.18 Å². The number of ether oxygens (including phenoxy) is 1. The van der Waals surface area contributed by atoms with Crippen LogP contribution in [0.15, 0.2) is 59.2 Å². The largest absolute Gasteiger partial charge is 0.495 e. The molecule has 0 bridgehead atoms. The molecular formula is C23H20F3N3O3. The number of rotatable bonds is 6. The van der Waals surface area contributed by atoms with Gasteiger partial charge in [0.25, 0.3) is 5.91 Å². The first kappa shape index (κ1) is 21.8. The Balaban J connectivity index is 1.74. The number of aliphatic hydroxyl groups is 1. The summed E-state index contributed by atoms with van der Waals surface area (Å²) in [7, 11) is 1.44. The smallest absolute Gasteiger partial charge is 0.433 e. The van der Waals surface area contributed by atoms with Crippen LogP contribution in [0.1, 0.15) is 29.0 Å². The highest BCUT2D eigenvalue weighted by Gasteiger charge is 2.33. The van der Waals surface area contributed by atoms with E-state index in [2.05, 4.69) is 15.3 Å². The molecule has 2 N–H and O–H groups in total. The Morgan fingerprint density at radius 2 is 2.06 bits per heavy atom. The summed E-state index contributed by atoms with van der Waals surface area (Å²) in [5.41, 5.74) is 0.334. The zero-order chi connectivity index (χ0) is 22.9. The van der Waals surface area contributed by atoms with Gasteiger partial charge < -0.3 is 15.2 Å². The van der Waals surface area contributed by atoms with Crippen LogP contribution in [0.5, 0.6) is 5.75 Å². The first-order valence-corrected chi connectivity index (χ1v) is 9.98. The van der Waals surface area contributed by atoms with Crippen LogP contribution >= 0.6 is 0 Å². The third kappa shape index (κ3) is 4.16. The van der Waals surface area contributed by atoms with Crippen molar-refractivity contribution >= 4 is 17.2 Å². The predicted molar refractivity (Wildman–Crippen MR) is 111 cm³/mol. The number of aliphatic hydroxyl groups excluding tert-OH is 1. The molecule has 1 aliphatic heterocycles. The molecule has 1 amide bonds. The van der Waals surface area contributed by atoms with Crippen molar-refractivity contribution in [2.75, 3.05) is 19.0 Å². The number of carbonyl (C=O) groups excluding carboxylic acids is 1. The molecule has 0 saturated carbocycles. The lowest BCUT2D eigenvalue weighted by Crippen LogP contribution is -2.30. The molecule has 9 heteroatoms. The Morgan fingerprint density at radius 3 is 2.78 bits per heavy atom. The number of pyridine rings is 1. The van der Waals surface area contributed by atoms with Gasteiger partial charge in [0, 0.05) is 17.4 Å². The van der Waals surface area contributed by atoms with Crippen LogP contribution in [0.3, 0.4) is 0 Å². The van der Waals surface area contributed by atoms with Gasteiger partial charge in [0.15, 0.2) is 0 Å². The Hall–Kier alpha value is -3.46. The summed E-state index contributed by atoms with van der Waals surface area (Å²) in [6.45, 7) is 0.110. The molecule has 0 saturated heterocycles. The summed E-state index contributed by atoms with van der Waals surface area (Å²) in [4.78, 5) is 20.9. The molecule has 1 aromatic heterocycles. The number of anilines is 1. The summed E-state index contributed by atoms with van der Waals surface area (Å²) in [6.07, 6.45) is 2.69. The number of nitrogens with one attached hydrogen (secondary N) is 1. The highest BCUT2D eigenvalue weighted by Crippen LogP contribution is 2.30. The van der Waals surface area contributed by atoms with Gasteiger partial charge in [-0.05, 0) is 43.0 Å². The van der Waals surface area contributed by atoms with Crippen molar-refractivity contribution in [1.29, 1.82) is 0 Å². The average molecular weight is 443 g/mol. The van der Waals surface area contributed by atoms with Crippen LogP contribution in [-0.4, -0.2) is 29.7 Å². The zero-order valence-corrected chi connectivity index (χ0v) is 17.1. The first-order chi connectivity index (χ1) is 15.3. The molecule has 32 heavy (non-hydrogen) atoms. The van der Waals surface area contributed by atoms with Crippen molar-refractivity contribution in [1.82, 2.24) is 4.98 Å². The number of alkyl halides is 3. The van der Waals surface area contributed by atoms with Crippen molar-refractivity contribution in [2.24, 2.45) is 10.9 Å². The van der Waals surface area contributed by atoms with E-state index in [-0.39, 0.29) is 18.2 Å². The number of benzene rings is 1. The molecule has 6 nitrogen and oxygen atoms in total. The van der Waals surface area contributed by atoms with E-state index in [1.165, 1.54) is 13.2 Å². The van der Waals surface area contributed by atoms with Crippen molar-refractivity contribution in [2.45, 2.75) is 19.0 Å². The van der Waals surface area contributed by atoms with Crippen molar-refractivity contribution in [3.8, 4) is 5.75 Å². The van der Waals surface area contributed by atoms with Crippen molar-refractivity contribution in [3.63, 3.8) is 0 Å². The van der Waals surface area contributed by atoms with E-state index in [0.29, 0.717) is 28.4 Å². The van der Waals surface area contributed by atoms with E-state index in [9.17, 15) is 18.0 Å². The molecule has 4 rings (SSSR count). The van der Waals surface area contributed by atoms with Crippen molar-refractivity contribution < 1.29 is 27.8 Å². The van der Waals surface area contributed by atoms with Crippen LogP contribution in [0.25, 0.3) is 5.57 Å². The van der Waals surface area contributed by atoms with E-state index >= 15 is 0 Å². The molecule has 0 radical (unpaired) electrons. The topological polar surface area (TPSA) is 83.8 Å². The Morgan fingerprint density at radius 1 is 1.25 bits per heavy atom. The highest BCUT2D eigenvalue weighted by molar-refractivity contribution is 6.04. The minimum Gasteiger partial charge on any atom is -0.495 e. The first-order valence-electron chi connectivity index (χ1n) is 9.98. The van der Waals surface area contributed by atoms with Gasteiger partial charge in [-0.25, -0.2) is 9.98 Å². The second kappa shape index (κ2) is 8.58. The molecule has 0 fully saturated rings. The standard InChI is InChI=1S/C23H20F3N3O3/c1-32-18-10-9-15-20(14-8-7-13(4-3-11-30)12-17(14)27-15)21(18)29-22(31)16-5-2-6-19(28-16)23(24,25)26/h2,5-10,12-13,30H,3-4,11H2,1H3,(H,29,31). The molecule has 1 aromatic carbocycles. The zero-order valence-electron chi connectivity index (χ0n) is 17.1. The molecule has 2 aliphatic rings. The van der Waals surface area contributed by atoms with Gasteiger partial charge in [-0.15, -0.1) is 0 Å². The Bertz CT molecular complexity index is 1250.